The normalized spacial score (nSPS) is 15.3. The van der Waals surface area contributed by atoms with E-state index in [1.54, 1.807) is 4.90 Å². The Labute approximate surface area is 145 Å². The molecule has 1 aromatic heterocycles. The first-order chi connectivity index (χ1) is 12.0. The van der Waals surface area contributed by atoms with Crippen molar-refractivity contribution in [3.63, 3.8) is 0 Å². The molecule has 8 nitrogen and oxygen atoms in total. The summed E-state index contributed by atoms with van der Waals surface area (Å²) >= 11 is 0. The lowest BCUT2D eigenvalue weighted by molar-refractivity contribution is -0.389. The number of carbonyl (C=O) groups excluding carboxylic acids is 1. The highest BCUT2D eigenvalue weighted by Gasteiger charge is 2.23. The summed E-state index contributed by atoms with van der Waals surface area (Å²) in [5.41, 5.74) is 2.53. The number of hydrogen-bond acceptors (Lipinski definition) is 5. The Hall–Kier alpha value is -2.74. The highest BCUT2D eigenvalue weighted by Crippen LogP contribution is 2.11. The van der Waals surface area contributed by atoms with Crippen LogP contribution in [0.3, 0.4) is 0 Å². The van der Waals surface area contributed by atoms with Crippen molar-refractivity contribution in [2.45, 2.75) is 20.0 Å². The molecule has 0 unspecified atom stereocenters. The molecule has 1 aliphatic rings. The van der Waals surface area contributed by atoms with Crippen LogP contribution in [0.15, 0.2) is 36.5 Å². The lowest BCUT2D eigenvalue weighted by Gasteiger charge is -2.34. The first-order valence-electron chi connectivity index (χ1n) is 8.25. The molecule has 1 aliphatic heterocycles. The molecule has 0 aliphatic carbocycles. The second-order valence-corrected chi connectivity index (χ2v) is 6.27. The molecule has 1 fully saturated rings. The predicted octanol–water partition coefficient (Wildman–Crippen LogP) is 1.44. The Morgan fingerprint density at radius 1 is 1.24 bits per heavy atom. The Morgan fingerprint density at radius 2 is 2.00 bits per heavy atom. The number of aromatic nitrogens is 2. The van der Waals surface area contributed by atoms with Crippen LogP contribution in [0.25, 0.3) is 0 Å². The Morgan fingerprint density at radius 3 is 2.64 bits per heavy atom. The van der Waals surface area contributed by atoms with E-state index in [-0.39, 0.29) is 18.3 Å². The van der Waals surface area contributed by atoms with E-state index in [4.69, 9.17) is 0 Å². The minimum Gasteiger partial charge on any atom is -0.358 e. The van der Waals surface area contributed by atoms with E-state index in [1.165, 1.54) is 28.1 Å². The number of carbonyl (C=O) groups is 1. The lowest BCUT2D eigenvalue weighted by Crippen LogP contribution is -2.49. The third-order valence-electron chi connectivity index (χ3n) is 4.32. The largest absolute Gasteiger partial charge is 0.389 e. The van der Waals surface area contributed by atoms with Gasteiger partial charge in [0, 0.05) is 32.7 Å². The molecule has 1 saturated heterocycles. The first kappa shape index (κ1) is 17.1. The molecule has 0 bridgehead atoms. The fourth-order valence-corrected chi connectivity index (χ4v) is 3.00. The van der Waals surface area contributed by atoms with Crippen LogP contribution < -0.4 is 0 Å². The van der Waals surface area contributed by atoms with Crippen molar-refractivity contribution in [3.05, 3.63) is 57.8 Å². The van der Waals surface area contributed by atoms with Gasteiger partial charge < -0.3 is 15.0 Å². The van der Waals surface area contributed by atoms with E-state index in [0.717, 1.165) is 19.6 Å². The summed E-state index contributed by atoms with van der Waals surface area (Å²) in [4.78, 5) is 26.5. The maximum absolute atomic E-state index is 12.3. The van der Waals surface area contributed by atoms with Gasteiger partial charge in [-0.15, -0.1) is 0 Å². The number of piperazine rings is 1. The van der Waals surface area contributed by atoms with Crippen molar-refractivity contribution in [1.29, 1.82) is 0 Å². The number of aryl methyl sites for hydroxylation is 1. The Bertz CT molecular complexity index is 765. The number of rotatable bonds is 5. The van der Waals surface area contributed by atoms with Gasteiger partial charge in [-0.2, -0.15) is 4.68 Å². The Kier molecular flexibility index (Phi) is 5.08. The van der Waals surface area contributed by atoms with Crippen molar-refractivity contribution < 1.29 is 9.72 Å². The van der Waals surface area contributed by atoms with Crippen molar-refractivity contribution in [2.75, 3.05) is 26.2 Å². The molecule has 0 N–H and O–H groups in total. The molecular weight excluding hydrogens is 322 g/mol. The number of benzene rings is 1. The average molecular weight is 343 g/mol. The first-order valence-corrected chi connectivity index (χ1v) is 8.25. The summed E-state index contributed by atoms with van der Waals surface area (Å²) in [5, 5.41) is 14.4. The third kappa shape index (κ3) is 4.42. The van der Waals surface area contributed by atoms with Crippen LogP contribution in [0.2, 0.25) is 0 Å². The molecule has 25 heavy (non-hydrogen) atoms. The van der Waals surface area contributed by atoms with Crippen molar-refractivity contribution >= 4 is 11.7 Å². The summed E-state index contributed by atoms with van der Waals surface area (Å²) < 4.78 is 1.32. The summed E-state index contributed by atoms with van der Waals surface area (Å²) in [6, 6.07) is 9.75. The van der Waals surface area contributed by atoms with Gasteiger partial charge in [-0.1, -0.05) is 29.8 Å². The van der Waals surface area contributed by atoms with Gasteiger partial charge in [0.25, 0.3) is 0 Å². The molecule has 8 heteroatoms. The molecule has 3 rings (SSSR count). The zero-order chi connectivity index (χ0) is 17.8. The van der Waals surface area contributed by atoms with E-state index in [0.29, 0.717) is 13.1 Å². The van der Waals surface area contributed by atoms with Gasteiger partial charge in [0.15, 0.2) is 0 Å². The molecule has 132 valence electrons. The predicted molar refractivity (Wildman–Crippen MR) is 91.9 cm³/mol. The van der Waals surface area contributed by atoms with E-state index in [2.05, 4.69) is 41.2 Å². The maximum atomic E-state index is 12.3. The number of amides is 1. The highest BCUT2D eigenvalue weighted by molar-refractivity contribution is 5.76. The second kappa shape index (κ2) is 7.43. The number of nitrogens with zero attached hydrogens (tertiary/aromatic N) is 5. The second-order valence-electron chi connectivity index (χ2n) is 6.27. The minimum absolute atomic E-state index is 0.0335. The van der Waals surface area contributed by atoms with Crippen LogP contribution in [-0.4, -0.2) is 56.6 Å². The molecule has 1 aromatic carbocycles. The van der Waals surface area contributed by atoms with Gasteiger partial charge in [0.1, 0.15) is 6.54 Å². The van der Waals surface area contributed by atoms with Crippen molar-refractivity contribution in [2.24, 2.45) is 0 Å². The highest BCUT2D eigenvalue weighted by atomic mass is 16.6. The summed E-state index contributed by atoms with van der Waals surface area (Å²) in [5.74, 6) is -0.302. The summed E-state index contributed by atoms with van der Waals surface area (Å²) in [6.07, 6.45) is 1.46. The molecule has 1 amide bonds. The van der Waals surface area contributed by atoms with Crippen molar-refractivity contribution in [1.82, 2.24) is 19.6 Å². The fraction of sp³-hybridized carbons (Fsp3) is 0.412. The van der Waals surface area contributed by atoms with Crippen LogP contribution in [0.5, 0.6) is 0 Å². The van der Waals surface area contributed by atoms with E-state index in [9.17, 15) is 14.9 Å². The molecule has 0 radical (unpaired) electrons. The fourth-order valence-electron chi connectivity index (χ4n) is 3.00. The summed E-state index contributed by atoms with van der Waals surface area (Å²) in [7, 11) is 0. The minimum atomic E-state index is -0.564. The third-order valence-corrected chi connectivity index (χ3v) is 4.32. The van der Waals surface area contributed by atoms with Gasteiger partial charge in [-0.05, 0) is 17.4 Å². The number of nitro groups is 1. The monoisotopic (exact) mass is 343 g/mol. The zero-order valence-corrected chi connectivity index (χ0v) is 14.2. The molecule has 0 spiro atoms. The Balaban J connectivity index is 1.49. The average Bonchev–Trinajstić information content (AvgIpc) is 3.04. The molecule has 2 aromatic rings. The quantitative estimate of drug-likeness (QED) is 0.606. The van der Waals surface area contributed by atoms with Crippen molar-refractivity contribution in [3.8, 4) is 0 Å². The molecular formula is C17H21N5O3. The van der Waals surface area contributed by atoms with Gasteiger partial charge in [0.2, 0.25) is 5.91 Å². The van der Waals surface area contributed by atoms with E-state index in [1.807, 2.05) is 0 Å². The van der Waals surface area contributed by atoms with Gasteiger partial charge >= 0.3 is 5.82 Å². The van der Waals surface area contributed by atoms with Crippen LogP contribution >= 0.6 is 0 Å². The lowest BCUT2D eigenvalue weighted by atomic mass is 10.1. The van der Waals surface area contributed by atoms with Crippen LogP contribution in [0.4, 0.5) is 5.82 Å². The SMILES string of the molecule is Cc1cccc(CN2CCN(C(=O)Cn3ccc([N+](=O)[O-])n3)CC2)c1. The van der Waals surface area contributed by atoms with Crippen LogP contribution in [0.1, 0.15) is 11.1 Å². The molecule has 0 saturated carbocycles. The standard InChI is InChI=1S/C17H21N5O3/c1-14-3-2-4-15(11-14)12-19-7-9-20(10-8-19)17(23)13-21-6-5-16(18-21)22(24)25/h2-6,11H,7-10,12-13H2,1H3. The van der Waals surface area contributed by atoms with Gasteiger partial charge in [-0.25, -0.2) is 0 Å². The molecule has 0 atom stereocenters. The number of hydrogen-bond donors (Lipinski definition) is 0. The van der Waals surface area contributed by atoms with Crippen LogP contribution in [-0.2, 0) is 17.9 Å². The van der Waals surface area contributed by atoms with Gasteiger partial charge in [-0.3, -0.25) is 9.69 Å². The topological polar surface area (TPSA) is 84.5 Å². The zero-order valence-electron chi connectivity index (χ0n) is 14.2. The maximum Gasteiger partial charge on any atom is 0.389 e. The van der Waals surface area contributed by atoms with Gasteiger partial charge in [0.05, 0.1) is 17.4 Å². The smallest absolute Gasteiger partial charge is 0.358 e. The van der Waals surface area contributed by atoms with E-state index < -0.39 is 4.92 Å². The van der Waals surface area contributed by atoms with Crippen LogP contribution in [0, 0.1) is 17.0 Å². The molecule has 2 heterocycles. The summed E-state index contributed by atoms with van der Waals surface area (Å²) in [6.45, 7) is 5.96. The van der Waals surface area contributed by atoms with E-state index >= 15 is 0 Å².